The second kappa shape index (κ2) is 6.96. The molecule has 0 spiro atoms. The Morgan fingerprint density at radius 1 is 1.44 bits per heavy atom. The SMILES string of the molecule is CCCNC(=O)CN(C)c1ccccc1C(N)=S. The molecule has 0 saturated carbocycles. The normalized spacial score (nSPS) is 9.89. The summed E-state index contributed by atoms with van der Waals surface area (Å²) >= 11 is 5.00. The van der Waals surface area contributed by atoms with Gasteiger partial charge >= 0.3 is 0 Å². The van der Waals surface area contributed by atoms with E-state index in [-0.39, 0.29) is 5.91 Å². The van der Waals surface area contributed by atoms with Gasteiger partial charge in [-0.3, -0.25) is 4.79 Å². The first-order valence-electron chi connectivity index (χ1n) is 5.93. The third-order valence-corrected chi connectivity index (χ3v) is 2.75. The number of benzene rings is 1. The van der Waals surface area contributed by atoms with Gasteiger partial charge in [0.2, 0.25) is 5.91 Å². The van der Waals surface area contributed by atoms with E-state index in [9.17, 15) is 4.79 Å². The number of hydrogen-bond acceptors (Lipinski definition) is 3. The van der Waals surface area contributed by atoms with Crippen LogP contribution in [0.25, 0.3) is 0 Å². The van der Waals surface area contributed by atoms with Crippen molar-refractivity contribution >= 4 is 28.8 Å². The van der Waals surface area contributed by atoms with E-state index in [2.05, 4.69) is 5.32 Å². The highest BCUT2D eigenvalue weighted by Gasteiger charge is 2.11. The Kier molecular flexibility index (Phi) is 5.58. The topological polar surface area (TPSA) is 58.4 Å². The number of rotatable bonds is 6. The fourth-order valence-electron chi connectivity index (χ4n) is 1.64. The molecule has 3 N–H and O–H groups in total. The molecule has 4 nitrogen and oxygen atoms in total. The summed E-state index contributed by atoms with van der Waals surface area (Å²) in [6.45, 7) is 3.01. The predicted molar refractivity (Wildman–Crippen MR) is 78.9 cm³/mol. The van der Waals surface area contributed by atoms with Crippen LogP contribution in [0.15, 0.2) is 24.3 Å². The summed E-state index contributed by atoms with van der Waals surface area (Å²) in [5, 5.41) is 2.84. The first-order valence-corrected chi connectivity index (χ1v) is 6.33. The molecule has 18 heavy (non-hydrogen) atoms. The van der Waals surface area contributed by atoms with Crippen molar-refractivity contribution in [3.8, 4) is 0 Å². The van der Waals surface area contributed by atoms with Crippen LogP contribution in [0.1, 0.15) is 18.9 Å². The van der Waals surface area contributed by atoms with E-state index >= 15 is 0 Å². The van der Waals surface area contributed by atoms with E-state index in [4.69, 9.17) is 18.0 Å². The van der Waals surface area contributed by atoms with Crippen molar-refractivity contribution in [3.05, 3.63) is 29.8 Å². The molecule has 0 aliphatic carbocycles. The van der Waals surface area contributed by atoms with E-state index in [1.165, 1.54) is 0 Å². The first-order chi connectivity index (χ1) is 8.56. The lowest BCUT2D eigenvalue weighted by Gasteiger charge is -2.21. The Hall–Kier alpha value is -1.62. The molecule has 1 aromatic carbocycles. The van der Waals surface area contributed by atoms with Gasteiger partial charge in [0.25, 0.3) is 0 Å². The third-order valence-electron chi connectivity index (χ3n) is 2.53. The van der Waals surface area contributed by atoms with Crippen LogP contribution in [0, 0.1) is 0 Å². The Morgan fingerprint density at radius 2 is 2.11 bits per heavy atom. The number of amides is 1. The zero-order valence-electron chi connectivity index (χ0n) is 10.8. The summed E-state index contributed by atoms with van der Waals surface area (Å²) in [6, 6.07) is 7.54. The molecular weight excluding hydrogens is 246 g/mol. The number of hydrogen-bond donors (Lipinski definition) is 2. The number of carbonyl (C=O) groups is 1. The van der Waals surface area contributed by atoms with Crippen LogP contribution >= 0.6 is 12.2 Å². The molecule has 0 aliphatic heterocycles. The number of nitrogens with zero attached hydrogens (tertiary/aromatic N) is 1. The molecule has 0 fully saturated rings. The lowest BCUT2D eigenvalue weighted by Crippen LogP contribution is -2.36. The summed E-state index contributed by atoms with van der Waals surface area (Å²) in [5.74, 6) is -0.00269. The van der Waals surface area contributed by atoms with E-state index in [1.54, 1.807) is 0 Å². The van der Waals surface area contributed by atoms with E-state index in [0.717, 1.165) is 17.7 Å². The smallest absolute Gasteiger partial charge is 0.239 e. The highest BCUT2D eigenvalue weighted by molar-refractivity contribution is 7.80. The summed E-state index contributed by atoms with van der Waals surface area (Å²) in [4.78, 5) is 13.8. The minimum Gasteiger partial charge on any atom is -0.389 e. The summed E-state index contributed by atoms with van der Waals surface area (Å²) < 4.78 is 0. The molecule has 0 aliphatic rings. The highest BCUT2D eigenvalue weighted by Crippen LogP contribution is 2.18. The van der Waals surface area contributed by atoms with Crippen molar-refractivity contribution in [2.45, 2.75) is 13.3 Å². The third kappa shape index (κ3) is 4.00. The molecule has 1 amide bonds. The second-order valence-corrected chi connectivity index (χ2v) is 4.53. The van der Waals surface area contributed by atoms with Gasteiger partial charge in [-0.05, 0) is 18.6 Å². The van der Waals surface area contributed by atoms with Gasteiger partial charge in [-0.2, -0.15) is 0 Å². The van der Waals surface area contributed by atoms with Gasteiger partial charge < -0.3 is 16.0 Å². The van der Waals surface area contributed by atoms with Crippen LogP contribution in [-0.2, 0) is 4.79 Å². The van der Waals surface area contributed by atoms with Crippen LogP contribution in [0.2, 0.25) is 0 Å². The molecule has 0 unspecified atom stereocenters. The minimum atomic E-state index is -0.00269. The average molecular weight is 265 g/mol. The number of para-hydroxylation sites is 1. The molecule has 0 atom stereocenters. The van der Waals surface area contributed by atoms with Gasteiger partial charge in [0, 0.05) is 24.8 Å². The molecule has 1 aromatic rings. The van der Waals surface area contributed by atoms with Gasteiger partial charge in [0.05, 0.1) is 6.54 Å². The van der Waals surface area contributed by atoms with E-state index in [0.29, 0.717) is 18.1 Å². The Balaban J connectivity index is 2.75. The first kappa shape index (κ1) is 14.4. The largest absolute Gasteiger partial charge is 0.389 e. The average Bonchev–Trinajstić information content (AvgIpc) is 2.36. The van der Waals surface area contributed by atoms with E-state index in [1.807, 2.05) is 43.1 Å². The molecule has 5 heteroatoms. The number of nitrogens with two attached hydrogens (primary N) is 1. The van der Waals surface area contributed by atoms with Crippen molar-refractivity contribution in [3.63, 3.8) is 0 Å². The number of anilines is 1. The lowest BCUT2D eigenvalue weighted by atomic mass is 10.1. The van der Waals surface area contributed by atoms with Crippen LogP contribution in [-0.4, -0.2) is 31.0 Å². The van der Waals surface area contributed by atoms with Crippen molar-refractivity contribution in [1.82, 2.24) is 5.32 Å². The number of thiocarbonyl (C=S) groups is 1. The molecule has 0 aromatic heterocycles. The van der Waals surface area contributed by atoms with Crippen LogP contribution in [0.5, 0.6) is 0 Å². The van der Waals surface area contributed by atoms with Crippen molar-refractivity contribution < 1.29 is 4.79 Å². The van der Waals surface area contributed by atoms with Gasteiger partial charge in [0.1, 0.15) is 4.99 Å². The van der Waals surface area contributed by atoms with Crippen LogP contribution in [0.4, 0.5) is 5.69 Å². The minimum absolute atomic E-state index is 0.00269. The zero-order valence-corrected chi connectivity index (χ0v) is 11.6. The number of nitrogens with one attached hydrogen (secondary N) is 1. The van der Waals surface area contributed by atoms with Crippen molar-refractivity contribution in [2.24, 2.45) is 5.73 Å². The number of likely N-dealkylation sites (N-methyl/N-ethyl adjacent to an activating group) is 1. The summed E-state index contributed by atoms with van der Waals surface area (Å²) in [6.07, 6.45) is 0.929. The number of carbonyl (C=O) groups excluding carboxylic acids is 1. The Morgan fingerprint density at radius 3 is 2.72 bits per heavy atom. The van der Waals surface area contributed by atoms with Gasteiger partial charge in [-0.15, -0.1) is 0 Å². The Bertz CT molecular complexity index is 434. The van der Waals surface area contributed by atoms with E-state index < -0.39 is 0 Å². The molecule has 0 heterocycles. The van der Waals surface area contributed by atoms with Crippen molar-refractivity contribution in [1.29, 1.82) is 0 Å². The highest BCUT2D eigenvalue weighted by atomic mass is 32.1. The maximum Gasteiger partial charge on any atom is 0.239 e. The maximum absolute atomic E-state index is 11.6. The fourth-order valence-corrected chi connectivity index (χ4v) is 1.81. The maximum atomic E-state index is 11.6. The van der Waals surface area contributed by atoms with Gasteiger partial charge in [-0.1, -0.05) is 31.3 Å². The molecule has 0 bridgehead atoms. The monoisotopic (exact) mass is 265 g/mol. The molecular formula is C13H19N3OS. The van der Waals surface area contributed by atoms with Gasteiger partial charge in [-0.25, -0.2) is 0 Å². The fraction of sp³-hybridized carbons (Fsp3) is 0.385. The summed E-state index contributed by atoms with van der Waals surface area (Å²) in [5.41, 5.74) is 7.33. The lowest BCUT2D eigenvalue weighted by molar-refractivity contribution is -0.119. The summed E-state index contributed by atoms with van der Waals surface area (Å²) in [7, 11) is 1.85. The Labute approximate surface area is 113 Å². The predicted octanol–water partition coefficient (Wildman–Crippen LogP) is 1.28. The molecule has 1 rings (SSSR count). The zero-order chi connectivity index (χ0) is 13.5. The quantitative estimate of drug-likeness (QED) is 0.761. The van der Waals surface area contributed by atoms with Crippen molar-refractivity contribution in [2.75, 3.05) is 25.0 Å². The van der Waals surface area contributed by atoms with Crippen LogP contribution < -0.4 is 16.0 Å². The standard InChI is InChI=1S/C13H19N3OS/c1-3-8-15-12(17)9-16(2)11-7-5-4-6-10(11)13(14)18/h4-7H,3,8-9H2,1-2H3,(H2,14,18)(H,15,17). The van der Waals surface area contributed by atoms with Crippen LogP contribution in [0.3, 0.4) is 0 Å². The molecule has 0 saturated heterocycles. The second-order valence-electron chi connectivity index (χ2n) is 4.09. The molecule has 98 valence electrons. The molecule has 0 radical (unpaired) electrons. The van der Waals surface area contributed by atoms with Gasteiger partial charge in [0.15, 0.2) is 0 Å².